The van der Waals surface area contributed by atoms with Crippen molar-refractivity contribution in [2.45, 2.75) is 40.8 Å². The summed E-state index contributed by atoms with van der Waals surface area (Å²) in [4.78, 5) is 12.2. The number of para-hydroxylation sites is 1. The van der Waals surface area contributed by atoms with Gasteiger partial charge in [0.1, 0.15) is 23.7 Å². The monoisotopic (exact) mass is 359 g/mol. The first-order chi connectivity index (χ1) is 12.4. The molecule has 0 amide bonds. The summed E-state index contributed by atoms with van der Waals surface area (Å²) in [7, 11) is 0. The van der Waals surface area contributed by atoms with Crippen LogP contribution in [-0.2, 0) is 17.9 Å². The fourth-order valence-electron chi connectivity index (χ4n) is 2.40. The van der Waals surface area contributed by atoms with E-state index in [0.29, 0.717) is 31.1 Å². The number of benzene rings is 1. The molecule has 0 aliphatic heterocycles. The summed E-state index contributed by atoms with van der Waals surface area (Å²) in [6, 6.07) is 11.3. The number of nitrogens with zero attached hydrogens (tertiary/aromatic N) is 2. The van der Waals surface area contributed by atoms with Crippen molar-refractivity contribution in [3.63, 3.8) is 0 Å². The molecule has 1 aromatic heterocycles. The van der Waals surface area contributed by atoms with Crippen LogP contribution in [0.25, 0.3) is 0 Å². The summed E-state index contributed by atoms with van der Waals surface area (Å²) in [5.74, 6) is 0.411. The summed E-state index contributed by atoms with van der Waals surface area (Å²) in [5, 5.41) is 7.91. The lowest BCUT2D eigenvalue weighted by atomic mass is 9.97. The summed E-state index contributed by atoms with van der Waals surface area (Å²) < 4.78 is 12.6. The maximum Gasteiger partial charge on any atom is 0.356 e. The number of esters is 1. The molecule has 2 aromatic rings. The molecule has 1 aromatic carbocycles. The topological polar surface area (TPSA) is 65.4 Å². The third-order valence-electron chi connectivity index (χ3n) is 3.60. The highest BCUT2D eigenvalue weighted by Gasteiger charge is 2.17. The Balaban J connectivity index is 2.01. The highest BCUT2D eigenvalue weighted by Crippen LogP contribution is 2.13. The number of carbonyl (C=O) groups is 1. The molecule has 26 heavy (non-hydrogen) atoms. The molecule has 0 saturated heterocycles. The highest BCUT2D eigenvalue weighted by molar-refractivity contribution is 5.87. The first kappa shape index (κ1) is 20.0. The average Bonchev–Trinajstić information content (AvgIpc) is 3.00. The maximum atomic E-state index is 12.2. The molecule has 6 heteroatoms. The Morgan fingerprint density at radius 2 is 1.96 bits per heavy atom. The molecule has 0 unspecified atom stereocenters. The first-order valence-corrected chi connectivity index (χ1v) is 9.01. The smallest absolute Gasteiger partial charge is 0.356 e. The molecular weight excluding hydrogens is 330 g/mol. The van der Waals surface area contributed by atoms with Gasteiger partial charge >= 0.3 is 5.97 Å². The minimum absolute atomic E-state index is 0.211. The molecule has 0 bridgehead atoms. The number of aromatic nitrogens is 2. The van der Waals surface area contributed by atoms with Crippen LogP contribution in [0.5, 0.6) is 5.75 Å². The van der Waals surface area contributed by atoms with E-state index in [1.807, 2.05) is 30.3 Å². The van der Waals surface area contributed by atoms with Gasteiger partial charge in [0.25, 0.3) is 0 Å². The number of hydrogen-bond acceptors (Lipinski definition) is 5. The molecule has 6 nitrogen and oxygen atoms in total. The molecule has 1 heterocycles. The molecule has 0 atom stereocenters. The number of carbonyl (C=O) groups excluding carboxylic acids is 1. The van der Waals surface area contributed by atoms with Gasteiger partial charge < -0.3 is 14.8 Å². The Kier molecular flexibility index (Phi) is 7.21. The third kappa shape index (κ3) is 6.52. The molecule has 0 spiro atoms. The summed E-state index contributed by atoms with van der Waals surface area (Å²) in [6.07, 6.45) is 0. The van der Waals surface area contributed by atoms with Gasteiger partial charge in [0, 0.05) is 13.1 Å². The van der Waals surface area contributed by atoms with Crippen molar-refractivity contribution in [3.05, 3.63) is 47.8 Å². The van der Waals surface area contributed by atoms with Crippen LogP contribution in [0, 0.1) is 5.41 Å². The van der Waals surface area contributed by atoms with Gasteiger partial charge in [0.05, 0.1) is 13.2 Å². The van der Waals surface area contributed by atoms with Crippen LogP contribution in [-0.4, -0.2) is 35.4 Å². The van der Waals surface area contributed by atoms with Gasteiger partial charge in [-0.2, -0.15) is 5.10 Å². The van der Waals surface area contributed by atoms with Crippen molar-refractivity contribution >= 4 is 5.97 Å². The Hall–Kier alpha value is -2.34. The number of rotatable bonds is 9. The molecule has 0 radical (unpaired) electrons. The molecule has 0 aliphatic carbocycles. The van der Waals surface area contributed by atoms with Crippen LogP contribution in [0.15, 0.2) is 36.4 Å². The molecular formula is C20H29N3O3. The van der Waals surface area contributed by atoms with E-state index in [9.17, 15) is 4.79 Å². The van der Waals surface area contributed by atoms with E-state index >= 15 is 0 Å². The van der Waals surface area contributed by atoms with Crippen molar-refractivity contribution in [1.82, 2.24) is 15.1 Å². The van der Waals surface area contributed by atoms with E-state index in [0.717, 1.165) is 18.8 Å². The van der Waals surface area contributed by atoms with Gasteiger partial charge in [0.15, 0.2) is 0 Å². The Morgan fingerprint density at radius 1 is 1.23 bits per heavy atom. The SMILES string of the molecule is CCOC(=O)c1cc(COc2ccccc2)nn1CCNCC(C)(C)C. The zero-order chi connectivity index (χ0) is 19.0. The second-order valence-electron chi connectivity index (χ2n) is 7.30. The van der Waals surface area contributed by atoms with E-state index in [-0.39, 0.29) is 11.4 Å². The molecule has 1 N–H and O–H groups in total. The fourth-order valence-corrected chi connectivity index (χ4v) is 2.40. The van der Waals surface area contributed by atoms with Crippen molar-refractivity contribution in [1.29, 1.82) is 0 Å². The van der Waals surface area contributed by atoms with Crippen LogP contribution in [0.1, 0.15) is 43.9 Å². The second kappa shape index (κ2) is 9.38. The normalized spacial score (nSPS) is 11.4. The number of ether oxygens (including phenoxy) is 2. The molecule has 2 rings (SSSR count). The van der Waals surface area contributed by atoms with Crippen molar-refractivity contribution < 1.29 is 14.3 Å². The number of hydrogen-bond donors (Lipinski definition) is 1. The number of nitrogens with one attached hydrogen (secondary N) is 1. The van der Waals surface area contributed by atoms with Gasteiger partial charge in [-0.05, 0) is 30.5 Å². The third-order valence-corrected chi connectivity index (χ3v) is 3.60. The van der Waals surface area contributed by atoms with Gasteiger partial charge in [-0.1, -0.05) is 39.0 Å². The standard InChI is InChI=1S/C20H29N3O3/c1-5-25-19(24)18-13-16(14-26-17-9-7-6-8-10-17)22-23(18)12-11-21-15-20(2,3)4/h6-10,13,21H,5,11-12,14-15H2,1-4H3. The zero-order valence-electron chi connectivity index (χ0n) is 16.1. The minimum Gasteiger partial charge on any atom is -0.487 e. The highest BCUT2D eigenvalue weighted by atomic mass is 16.5. The first-order valence-electron chi connectivity index (χ1n) is 9.01. The minimum atomic E-state index is -0.359. The second-order valence-corrected chi connectivity index (χ2v) is 7.30. The quantitative estimate of drug-likeness (QED) is 0.550. The Labute approximate surface area is 155 Å². The fraction of sp³-hybridized carbons (Fsp3) is 0.500. The van der Waals surface area contributed by atoms with Gasteiger partial charge in [0.2, 0.25) is 0 Å². The van der Waals surface area contributed by atoms with Crippen LogP contribution >= 0.6 is 0 Å². The van der Waals surface area contributed by atoms with Crippen LogP contribution in [0.3, 0.4) is 0 Å². The summed E-state index contributed by atoms with van der Waals surface area (Å²) in [5.41, 5.74) is 1.37. The zero-order valence-corrected chi connectivity index (χ0v) is 16.1. The predicted octanol–water partition coefficient (Wildman–Crippen LogP) is 3.27. The van der Waals surface area contributed by atoms with E-state index in [1.165, 1.54) is 0 Å². The largest absolute Gasteiger partial charge is 0.487 e. The summed E-state index contributed by atoms with van der Waals surface area (Å²) >= 11 is 0. The van der Waals surface area contributed by atoms with Crippen molar-refractivity contribution in [3.8, 4) is 5.75 Å². The van der Waals surface area contributed by atoms with Crippen molar-refractivity contribution in [2.75, 3.05) is 19.7 Å². The van der Waals surface area contributed by atoms with E-state index in [4.69, 9.17) is 9.47 Å². The van der Waals surface area contributed by atoms with E-state index in [2.05, 4.69) is 31.2 Å². The van der Waals surface area contributed by atoms with Crippen LogP contribution in [0.4, 0.5) is 0 Å². The van der Waals surface area contributed by atoms with Crippen LogP contribution in [0.2, 0.25) is 0 Å². The predicted molar refractivity (Wildman–Crippen MR) is 101 cm³/mol. The van der Waals surface area contributed by atoms with Gasteiger partial charge in [-0.15, -0.1) is 0 Å². The lowest BCUT2D eigenvalue weighted by Gasteiger charge is -2.18. The van der Waals surface area contributed by atoms with Gasteiger partial charge in [-0.25, -0.2) is 4.79 Å². The van der Waals surface area contributed by atoms with Gasteiger partial charge in [-0.3, -0.25) is 4.68 Å². The molecule has 0 aliphatic rings. The lowest BCUT2D eigenvalue weighted by molar-refractivity contribution is 0.0511. The molecule has 142 valence electrons. The van der Waals surface area contributed by atoms with E-state index in [1.54, 1.807) is 17.7 Å². The molecule has 0 saturated carbocycles. The van der Waals surface area contributed by atoms with E-state index < -0.39 is 0 Å². The van der Waals surface area contributed by atoms with Crippen LogP contribution < -0.4 is 10.1 Å². The Bertz CT molecular complexity index is 690. The molecule has 0 fully saturated rings. The maximum absolute atomic E-state index is 12.2. The average molecular weight is 359 g/mol. The Morgan fingerprint density at radius 3 is 2.62 bits per heavy atom. The lowest BCUT2D eigenvalue weighted by Crippen LogP contribution is -2.30. The van der Waals surface area contributed by atoms with Crippen molar-refractivity contribution in [2.24, 2.45) is 5.41 Å². The summed E-state index contributed by atoms with van der Waals surface area (Å²) in [6.45, 7) is 11.2.